The maximum atomic E-state index is 13.2. The number of hydrogen-bond donors (Lipinski definition) is 3. The van der Waals surface area contributed by atoms with Crippen molar-refractivity contribution in [2.75, 3.05) is 28.6 Å². The Kier molecular flexibility index (Phi) is 8.07. The van der Waals surface area contributed by atoms with Gasteiger partial charge in [-0.05, 0) is 55.0 Å². The van der Waals surface area contributed by atoms with E-state index in [1.165, 1.54) is 41.3 Å². The predicted octanol–water partition coefficient (Wildman–Crippen LogP) is 6.09. The van der Waals surface area contributed by atoms with Crippen LogP contribution in [0.1, 0.15) is 12.0 Å². The number of alkyl halides is 3. The Labute approximate surface area is 193 Å². The number of nitrogens with zero attached hydrogens (tertiary/aromatic N) is 1. The van der Waals surface area contributed by atoms with Crippen LogP contribution in [0.5, 0.6) is 0 Å². The SMILES string of the molecule is O=C(NCCCN(C(=O)Nc1cccc(C(F)(F)F)c1)c1ccccc1)Nc1cccc(F)c1. The summed E-state index contributed by atoms with van der Waals surface area (Å²) < 4.78 is 52.1. The molecule has 10 heteroatoms. The summed E-state index contributed by atoms with van der Waals surface area (Å²) in [4.78, 5) is 26.2. The molecule has 0 aliphatic rings. The lowest BCUT2D eigenvalue weighted by atomic mass is 10.2. The summed E-state index contributed by atoms with van der Waals surface area (Å²) in [6, 6.07) is 17.3. The molecular weight excluding hydrogens is 452 g/mol. The van der Waals surface area contributed by atoms with Gasteiger partial charge >= 0.3 is 18.2 Å². The minimum absolute atomic E-state index is 0.00773. The molecule has 0 unspecified atom stereocenters. The van der Waals surface area contributed by atoms with Gasteiger partial charge in [0.1, 0.15) is 5.82 Å². The van der Waals surface area contributed by atoms with Crippen molar-refractivity contribution in [1.29, 1.82) is 0 Å². The summed E-state index contributed by atoms with van der Waals surface area (Å²) in [7, 11) is 0. The maximum absolute atomic E-state index is 13.2. The number of nitrogens with one attached hydrogen (secondary N) is 3. The van der Waals surface area contributed by atoms with E-state index in [9.17, 15) is 27.2 Å². The number of rotatable bonds is 7. The highest BCUT2D eigenvalue weighted by molar-refractivity contribution is 6.01. The highest BCUT2D eigenvalue weighted by atomic mass is 19.4. The van der Waals surface area contributed by atoms with Gasteiger partial charge in [-0.1, -0.05) is 30.3 Å². The molecule has 0 aliphatic carbocycles. The van der Waals surface area contributed by atoms with Crippen molar-refractivity contribution >= 4 is 29.1 Å². The number of amides is 4. The summed E-state index contributed by atoms with van der Waals surface area (Å²) in [5, 5.41) is 7.61. The van der Waals surface area contributed by atoms with Gasteiger partial charge in [0.2, 0.25) is 0 Å². The Hall–Kier alpha value is -4.08. The molecule has 0 radical (unpaired) electrons. The molecule has 0 saturated heterocycles. The molecule has 0 aliphatic heterocycles. The van der Waals surface area contributed by atoms with Gasteiger partial charge in [0.05, 0.1) is 5.56 Å². The van der Waals surface area contributed by atoms with Crippen LogP contribution in [-0.4, -0.2) is 25.2 Å². The molecule has 3 N–H and O–H groups in total. The normalized spacial score (nSPS) is 10.9. The second-order valence-electron chi connectivity index (χ2n) is 7.24. The number of benzene rings is 3. The monoisotopic (exact) mass is 474 g/mol. The van der Waals surface area contributed by atoms with E-state index >= 15 is 0 Å². The number of urea groups is 2. The second-order valence-corrected chi connectivity index (χ2v) is 7.24. The lowest BCUT2D eigenvalue weighted by molar-refractivity contribution is -0.137. The van der Waals surface area contributed by atoms with Gasteiger partial charge < -0.3 is 16.0 Å². The van der Waals surface area contributed by atoms with Crippen LogP contribution in [0.25, 0.3) is 0 Å². The lowest BCUT2D eigenvalue weighted by Crippen LogP contribution is -2.38. The molecule has 178 valence electrons. The molecule has 0 bridgehead atoms. The third-order valence-corrected chi connectivity index (χ3v) is 4.68. The van der Waals surface area contributed by atoms with Crippen molar-refractivity contribution in [3.8, 4) is 0 Å². The molecular formula is C24H22F4N4O2. The van der Waals surface area contributed by atoms with Crippen molar-refractivity contribution in [1.82, 2.24) is 5.32 Å². The fourth-order valence-corrected chi connectivity index (χ4v) is 3.10. The van der Waals surface area contributed by atoms with Crippen molar-refractivity contribution in [3.63, 3.8) is 0 Å². The molecule has 0 saturated carbocycles. The van der Waals surface area contributed by atoms with Gasteiger partial charge in [0.25, 0.3) is 0 Å². The summed E-state index contributed by atoms with van der Waals surface area (Å²) in [6.07, 6.45) is -4.18. The summed E-state index contributed by atoms with van der Waals surface area (Å²) in [5.74, 6) is -0.483. The third-order valence-electron chi connectivity index (χ3n) is 4.68. The minimum atomic E-state index is -4.53. The van der Waals surface area contributed by atoms with Gasteiger partial charge in [-0.15, -0.1) is 0 Å². The van der Waals surface area contributed by atoms with Gasteiger partial charge in [-0.3, -0.25) is 4.90 Å². The highest BCUT2D eigenvalue weighted by Crippen LogP contribution is 2.30. The molecule has 0 aromatic heterocycles. The van der Waals surface area contributed by atoms with Crippen LogP contribution in [0.15, 0.2) is 78.9 Å². The van der Waals surface area contributed by atoms with Crippen LogP contribution in [0.2, 0.25) is 0 Å². The average molecular weight is 474 g/mol. The van der Waals surface area contributed by atoms with Crippen LogP contribution in [-0.2, 0) is 6.18 Å². The van der Waals surface area contributed by atoms with Gasteiger partial charge in [-0.2, -0.15) is 13.2 Å². The van der Waals surface area contributed by atoms with Gasteiger partial charge in [0, 0.05) is 30.2 Å². The first kappa shape index (κ1) is 24.6. The summed E-state index contributed by atoms with van der Waals surface area (Å²) in [5.41, 5.74) is -0.0292. The highest BCUT2D eigenvalue weighted by Gasteiger charge is 2.30. The van der Waals surface area contributed by atoms with E-state index in [2.05, 4.69) is 16.0 Å². The number of hydrogen-bond acceptors (Lipinski definition) is 2. The van der Waals surface area contributed by atoms with E-state index in [1.807, 2.05) is 0 Å². The average Bonchev–Trinajstić information content (AvgIpc) is 2.79. The molecule has 0 spiro atoms. The Morgan fingerprint density at radius 1 is 0.824 bits per heavy atom. The fourth-order valence-electron chi connectivity index (χ4n) is 3.10. The maximum Gasteiger partial charge on any atom is 0.416 e. The van der Waals surface area contributed by atoms with Crippen LogP contribution in [0, 0.1) is 5.82 Å². The Balaban J connectivity index is 1.59. The third kappa shape index (κ3) is 7.22. The second kappa shape index (κ2) is 11.2. The smallest absolute Gasteiger partial charge is 0.338 e. The Bertz CT molecular complexity index is 1120. The zero-order valence-corrected chi connectivity index (χ0v) is 17.9. The topological polar surface area (TPSA) is 73.5 Å². The lowest BCUT2D eigenvalue weighted by Gasteiger charge is -2.23. The van der Waals surface area contributed by atoms with Crippen molar-refractivity contribution in [2.45, 2.75) is 12.6 Å². The van der Waals surface area contributed by atoms with E-state index in [4.69, 9.17) is 0 Å². The van der Waals surface area contributed by atoms with E-state index < -0.39 is 29.6 Å². The number of carbonyl (C=O) groups excluding carboxylic acids is 2. The number of para-hydroxylation sites is 1. The summed E-state index contributed by atoms with van der Waals surface area (Å²) >= 11 is 0. The van der Waals surface area contributed by atoms with Crippen molar-refractivity contribution in [2.24, 2.45) is 0 Å². The number of anilines is 3. The minimum Gasteiger partial charge on any atom is -0.338 e. The Morgan fingerprint density at radius 2 is 1.50 bits per heavy atom. The fraction of sp³-hybridized carbons (Fsp3) is 0.167. The quantitative estimate of drug-likeness (QED) is 0.286. The van der Waals surface area contributed by atoms with E-state index in [0.717, 1.165) is 12.1 Å². The number of halogens is 4. The molecule has 3 rings (SSSR count). The van der Waals surface area contributed by atoms with Crippen LogP contribution >= 0.6 is 0 Å². The standard InChI is InChI=1S/C24H22F4N4O2/c25-18-8-5-10-20(16-18)30-22(33)29-13-6-14-32(21-11-2-1-3-12-21)23(34)31-19-9-4-7-17(15-19)24(26,27)28/h1-5,7-12,15-16H,6,13-14H2,(H,31,34)(H2,29,30,33). The van der Waals surface area contributed by atoms with E-state index in [1.54, 1.807) is 30.3 Å². The largest absolute Gasteiger partial charge is 0.416 e. The predicted molar refractivity (Wildman–Crippen MR) is 122 cm³/mol. The molecule has 6 nitrogen and oxygen atoms in total. The van der Waals surface area contributed by atoms with Crippen LogP contribution < -0.4 is 20.9 Å². The summed E-state index contributed by atoms with van der Waals surface area (Å²) in [6.45, 7) is 0.371. The molecule has 0 heterocycles. The van der Waals surface area contributed by atoms with Crippen LogP contribution in [0.4, 0.5) is 44.2 Å². The first-order chi connectivity index (χ1) is 16.2. The zero-order chi connectivity index (χ0) is 24.6. The number of carbonyl (C=O) groups is 2. The first-order valence-corrected chi connectivity index (χ1v) is 10.3. The molecule has 3 aromatic rings. The molecule has 0 atom stereocenters. The van der Waals surface area contributed by atoms with Gasteiger partial charge in [0.15, 0.2) is 0 Å². The van der Waals surface area contributed by atoms with Crippen molar-refractivity contribution < 1.29 is 27.2 Å². The molecule has 34 heavy (non-hydrogen) atoms. The molecule has 3 aromatic carbocycles. The molecule has 0 fully saturated rings. The zero-order valence-electron chi connectivity index (χ0n) is 17.9. The first-order valence-electron chi connectivity index (χ1n) is 10.3. The van der Waals surface area contributed by atoms with Crippen molar-refractivity contribution in [3.05, 3.63) is 90.2 Å². The van der Waals surface area contributed by atoms with E-state index in [0.29, 0.717) is 17.8 Å². The van der Waals surface area contributed by atoms with E-state index in [-0.39, 0.29) is 18.8 Å². The van der Waals surface area contributed by atoms with Crippen LogP contribution in [0.3, 0.4) is 0 Å². The Morgan fingerprint density at radius 3 is 2.18 bits per heavy atom. The molecule has 4 amide bonds. The van der Waals surface area contributed by atoms with Gasteiger partial charge in [-0.25, -0.2) is 14.0 Å².